The van der Waals surface area contributed by atoms with E-state index in [4.69, 9.17) is 16.3 Å². The van der Waals surface area contributed by atoms with Crippen molar-refractivity contribution in [3.63, 3.8) is 0 Å². The summed E-state index contributed by atoms with van der Waals surface area (Å²) < 4.78 is 5.89. The predicted octanol–water partition coefficient (Wildman–Crippen LogP) is 3.39. The lowest BCUT2D eigenvalue weighted by Gasteiger charge is -2.17. The highest BCUT2D eigenvalue weighted by molar-refractivity contribution is 6.31. The minimum Gasteiger partial charge on any atom is -0.372 e. The van der Waals surface area contributed by atoms with Gasteiger partial charge in [-0.1, -0.05) is 36.7 Å². The number of nitrogens with one attached hydrogen (secondary N) is 1. The van der Waals surface area contributed by atoms with Crippen LogP contribution >= 0.6 is 11.6 Å². The average Bonchev–Trinajstić information content (AvgIpc) is 3.15. The average molecular weight is 254 g/mol. The van der Waals surface area contributed by atoms with E-state index in [2.05, 4.69) is 12.2 Å². The molecule has 0 amide bonds. The van der Waals surface area contributed by atoms with Crippen LogP contribution in [-0.2, 0) is 11.3 Å². The predicted molar refractivity (Wildman–Crippen MR) is 71.3 cm³/mol. The summed E-state index contributed by atoms with van der Waals surface area (Å²) in [6.45, 7) is 3.71. The minimum absolute atomic E-state index is 0.284. The van der Waals surface area contributed by atoms with Gasteiger partial charge < -0.3 is 10.1 Å². The van der Waals surface area contributed by atoms with Crippen molar-refractivity contribution in [2.45, 2.75) is 44.9 Å². The quantitative estimate of drug-likeness (QED) is 0.804. The zero-order valence-electron chi connectivity index (χ0n) is 10.3. The summed E-state index contributed by atoms with van der Waals surface area (Å²) in [6.07, 6.45) is 3.96. The lowest BCUT2D eigenvalue weighted by atomic mass is 10.2. The van der Waals surface area contributed by atoms with Gasteiger partial charge in [-0.2, -0.15) is 0 Å². The van der Waals surface area contributed by atoms with Gasteiger partial charge in [0.2, 0.25) is 0 Å². The highest BCUT2D eigenvalue weighted by atomic mass is 35.5. The van der Waals surface area contributed by atoms with Crippen molar-refractivity contribution in [2.75, 3.05) is 6.54 Å². The normalized spacial score (nSPS) is 17.1. The topological polar surface area (TPSA) is 21.3 Å². The van der Waals surface area contributed by atoms with Crippen molar-refractivity contribution >= 4 is 11.6 Å². The van der Waals surface area contributed by atoms with Gasteiger partial charge in [0.25, 0.3) is 0 Å². The van der Waals surface area contributed by atoms with Crippen molar-refractivity contribution in [2.24, 2.45) is 0 Å². The Hall–Kier alpha value is -0.570. The number of rotatable bonds is 7. The smallest absolute Gasteiger partial charge is 0.0735 e. The molecular formula is C14H20ClNO. The Morgan fingerprint density at radius 3 is 2.82 bits per heavy atom. The third kappa shape index (κ3) is 4.30. The van der Waals surface area contributed by atoms with Crippen LogP contribution in [0.3, 0.4) is 0 Å². The zero-order valence-corrected chi connectivity index (χ0v) is 11.0. The van der Waals surface area contributed by atoms with Crippen molar-refractivity contribution in [1.82, 2.24) is 5.32 Å². The SMILES string of the molecule is CCC(CNC1CC1)OCc1ccccc1Cl. The van der Waals surface area contributed by atoms with Gasteiger partial charge in [-0.25, -0.2) is 0 Å². The standard InChI is InChI=1S/C14H20ClNO/c1-2-13(9-16-12-7-8-12)17-10-11-5-3-4-6-14(11)15/h3-6,12-13,16H,2,7-10H2,1H3. The summed E-state index contributed by atoms with van der Waals surface area (Å²) in [5.41, 5.74) is 1.07. The minimum atomic E-state index is 0.284. The van der Waals surface area contributed by atoms with E-state index >= 15 is 0 Å². The molecule has 0 aromatic heterocycles. The molecule has 1 aliphatic carbocycles. The van der Waals surface area contributed by atoms with Gasteiger partial charge in [-0.05, 0) is 30.9 Å². The maximum absolute atomic E-state index is 6.09. The maximum Gasteiger partial charge on any atom is 0.0735 e. The number of hydrogen-bond donors (Lipinski definition) is 1. The Balaban J connectivity index is 1.76. The lowest BCUT2D eigenvalue weighted by Crippen LogP contribution is -2.30. The maximum atomic E-state index is 6.09. The monoisotopic (exact) mass is 253 g/mol. The Bertz CT molecular complexity index is 352. The molecule has 2 rings (SSSR count). The summed E-state index contributed by atoms with van der Waals surface area (Å²) in [7, 11) is 0. The largest absolute Gasteiger partial charge is 0.372 e. The molecule has 17 heavy (non-hydrogen) atoms. The molecular weight excluding hydrogens is 234 g/mol. The Labute approximate surface area is 108 Å². The van der Waals surface area contributed by atoms with Crippen LogP contribution in [0.2, 0.25) is 5.02 Å². The van der Waals surface area contributed by atoms with Gasteiger partial charge in [-0.3, -0.25) is 0 Å². The van der Waals surface area contributed by atoms with E-state index in [9.17, 15) is 0 Å². The first-order chi connectivity index (χ1) is 8.29. The molecule has 1 unspecified atom stereocenters. The van der Waals surface area contributed by atoms with Crippen LogP contribution in [0.15, 0.2) is 24.3 Å². The second kappa shape index (κ2) is 6.39. The van der Waals surface area contributed by atoms with Gasteiger partial charge in [0, 0.05) is 17.6 Å². The van der Waals surface area contributed by atoms with Crippen molar-refractivity contribution in [3.8, 4) is 0 Å². The molecule has 1 fully saturated rings. The van der Waals surface area contributed by atoms with E-state index in [1.807, 2.05) is 24.3 Å². The summed E-state index contributed by atoms with van der Waals surface area (Å²) in [6, 6.07) is 8.60. The van der Waals surface area contributed by atoms with E-state index in [0.29, 0.717) is 6.61 Å². The fourth-order valence-electron chi connectivity index (χ4n) is 1.73. The van der Waals surface area contributed by atoms with Crippen LogP contribution in [0.5, 0.6) is 0 Å². The molecule has 1 aromatic carbocycles. The van der Waals surface area contributed by atoms with E-state index in [0.717, 1.165) is 29.6 Å². The second-order valence-electron chi connectivity index (χ2n) is 4.62. The molecule has 3 heteroatoms. The number of halogens is 1. The van der Waals surface area contributed by atoms with Gasteiger partial charge in [0.05, 0.1) is 12.7 Å². The highest BCUT2D eigenvalue weighted by Gasteiger charge is 2.21. The van der Waals surface area contributed by atoms with Crippen molar-refractivity contribution in [3.05, 3.63) is 34.9 Å². The number of ether oxygens (including phenoxy) is 1. The molecule has 1 aliphatic rings. The Kier molecular flexibility index (Phi) is 4.84. The summed E-state index contributed by atoms with van der Waals surface area (Å²) in [5.74, 6) is 0. The molecule has 0 heterocycles. The molecule has 0 spiro atoms. The van der Waals surface area contributed by atoms with Gasteiger partial charge in [-0.15, -0.1) is 0 Å². The zero-order chi connectivity index (χ0) is 12.1. The van der Waals surface area contributed by atoms with Crippen LogP contribution in [0.25, 0.3) is 0 Å². The summed E-state index contributed by atoms with van der Waals surface area (Å²) in [5, 5.41) is 4.29. The van der Waals surface area contributed by atoms with Gasteiger partial charge in [0.1, 0.15) is 0 Å². The fraction of sp³-hybridized carbons (Fsp3) is 0.571. The van der Waals surface area contributed by atoms with Crippen LogP contribution in [0.4, 0.5) is 0 Å². The van der Waals surface area contributed by atoms with Crippen LogP contribution in [0, 0.1) is 0 Å². The molecule has 1 saturated carbocycles. The van der Waals surface area contributed by atoms with E-state index in [1.54, 1.807) is 0 Å². The van der Waals surface area contributed by atoms with Crippen LogP contribution in [0.1, 0.15) is 31.7 Å². The molecule has 2 nitrogen and oxygen atoms in total. The van der Waals surface area contributed by atoms with Gasteiger partial charge >= 0.3 is 0 Å². The van der Waals surface area contributed by atoms with Gasteiger partial charge in [0.15, 0.2) is 0 Å². The molecule has 0 radical (unpaired) electrons. The Morgan fingerprint density at radius 2 is 2.18 bits per heavy atom. The third-order valence-corrected chi connectivity index (χ3v) is 3.47. The van der Waals surface area contributed by atoms with E-state index in [1.165, 1.54) is 12.8 Å². The number of hydrogen-bond acceptors (Lipinski definition) is 2. The molecule has 1 aromatic rings. The van der Waals surface area contributed by atoms with Crippen molar-refractivity contribution in [1.29, 1.82) is 0 Å². The second-order valence-corrected chi connectivity index (χ2v) is 5.02. The molecule has 0 saturated heterocycles. The highest BCUT2D eigenvalue weighted by Crippen LogP contribution is 2.19. The summed E-state index contributed by atoms with van der Waals surface area (Å²) >= 11 is 6.09. The molecule has 0 aliphatic heterocycles. The lowest BCUT2D eigenvalue weighted by molar-refractivity contribution is 0.0382. The Morgan fingerprint density at radius 1 is 1.41 bits per heavy atom. The summed E-state index contributed by atoms with van der Waals surface area (Å²) in [4.78, 5) is 0. The molecule has 1 N–H and O–H groups in total. The van der Waals surface area contributed by atoms with Crippen LogP contribution in [-0.4, -0.2) is 18.7 Å². The third-order valence-electron chi connectivity index (χ3n) is 3.10. The number of benzene rings is 1. The molecule has 94 valence electrons. The first kappa shape index (κ1) is 12.9. The van der Waals surface area contributed by atoms with Crippen LogP contribution < -0.4 is 5.32 Å². The van der Waals surface area contributed by atoms with E-state index < -0.39 is 0 Å². The van der Waals surface area contributed by atoms with Crippen molar-refractivity contribution < 1.29 is 4.74 Å². The molecule has 1 atom stereocenters. The first-order valence-corrected chi connectivity index (χ1v) is 6.75. The fourth-order valence-corrected chi connectivity index (χ4v) is 1.92. The van der Waals surface area contributed by atoms with E-state index in [-0.39, 0.29) is 6.10 Å². The first-order valence-electron chi connectivity index (χ1n) is 6.38. The molecule has 0 bridgehead atoms.